The second-order valence-corrected chi connectivity index (χ2v) is 7.75. The van der Waals surface area contributed by atoms with Crippen molar-refractivity contribution in [3.63, 3.8) is 0 Å². The molecule has 0 radical (unpaired) electrons. The van der Waals surface area contributed by atoms with E-state index in [0.717, 1.165) is 0 Å². The van der Waals surface area contributed by atoms with Crippen LogP contribution in [0.4, 0.5) is 35.1 Å². The summed E-state index contributed by atoms with van der Waals surface area (Å²) in [4.78, 5) is 36.5. The molecule has 3 aliphatic rings. The fraction of sp³-hybridized carbons (Fsp3) is 0.706. The van der Waals surface area contributed by atoms with Gasteiger partial charge in [-0.05, 0) is 19.8 Å². The van der Waals surface area contributed by atoms with Gasteiger partial charge in [-0.2, -0.15) is 35.1 Å². The first-order valence-electron chi connectivity index (χ1n) is 8.74. The van der Waals surface area contributed by atoms with Gasteiger partial charge in [0, 0.05) is 17.4 Å². The van der Waals surface area contributed by atoms with E-state index in [-0.39, 0.29) is 12.0 Å². The lowest BCUT2D eigenvalue weighted by Gasteiger charge is -2.34. The Balaban J connectivity index is 1.87. The van der Waals surface area contributed by atoms with Gasteiger partial charge in [0.1, 0.15) is 12.2 Å². The smallest absolute Gasteiger partial charge is 0.457 e. The number of halogens is 8. The average Bonchev–Trinajstić information content (AvgIpc) is 3.19. The van der Waals surface area contributed by atoms with Crippen LogP contribution in [-0.4, -0.2) is 54.5 Å². The molecule has 6 nitrogen and oxygen atoms in total. The van der Waals surface area contributed by atoms with Crippen LogP contribution in [0.15, 0.2) is 12.2 Å². The van der Waals surface area contributed by atoms with E-state index in [0.29, 0.717) is 0 Å². The molecule has 0 amide bonds. The van der Waals surface area contributed by atoms with Crippen LogP contribution < -0.4 is 0 Å². The summed E-state index contributed by atoms with van der Waals surface area (Å²) in [7, 11) is 0. The fourth-order valence-electron chi connectivity index (χ4n) is 4.36. The van der Waals surface area contributed by atoms with Crippen LogP contribution in [0.1, 0.15) is 19.8 Å². The maximum Gasteiger partial charge on any atom is 0.457 e. The molecule has 6 atom stereocenters. The standard InChI is InChI=1S/C17H14F8O6/c1-5(2)10(26)29-8-6-3-7-9(8)30-12(27)14(7,4-6)13(28)31-11(16(20,21)22)15(18,19)17(23,24)25/h6-9,11H,1,3-4H2,2H3. The molecule has 3 fully saturated rings. The Kier molecular flexibility index (Phi) is 5.10. The quantitative estimate of drug-likeness (QED) is 0.204. The van der Waals surface area contributed by atoms with E-state index in [1.807, 2.05) is 0 Å². The molecule has 31 heavy (non-hydrogen) atoms. The van der Waals surface area contributed by atoms with E-state index in [4.69, 9.17) is 9.47 Å². The number of esters is 3. The van der Waals surface area contributed by atoms with E-state index in [9.17, 15) is 49.5 Å². The largest absolute Gasteiger partial charge is 0.457 e. The number of ether oxygens (including phenoxy) is 3. The predicted molar refractivity (Wildman–Crippen MR) is 80.2 cm³/mol. The Morgan fingerprint density at radius 2 is 1.74 bits per heavy atom. The highest BCUT2D eigenvalue weighted by Crippen LogP contribution is 2.63. The van der Waals surface area contributed by atoms with Gasteiger partial charge >= 0.3 is 36.2 Å². The monoisotopic (exact) mass is 466 g/mol. The molecule has 0 aromatic carbocycles. The lowest BCUT2D eigenvalue weighted by Crippen LogP contribution is -2.58. The first-order valence-corrected chi connectivity index (χ1v) is 8.74. The molecule has 1 aliphatic heterocycles. The van der Waals surface area contributed by atoms with Gasteiger partial charge in [0.05, 0.1) is 0 Å². The summed E-state index contributed by atoms with van der Waals surface area (Å²) in [6, 6.07) is 0. The first kappa shape index (κ1) is 23.3. The molecule has 6 unspecified atom stereocenters. The van der Waals surface area contributed by atoms with Gasteiger partial charge in [0.25, 0.3) is 6.10 Å². The van der Waals surface area contributed by atoms with Crippen molar-refractivity contribution in [3.05, 3.63) is 12.2 Å². The third-order valence-corrected chi connectivity index (χ3v) is 5.75. The fourth-order valence-corrected chi connectivity index (χ4v) is 4.36. The van der Waals surface area contributed by atoms with Crippen molar-refractivity contribution < 1.29 is 63.7 Å². The van der Waals surface area contributed by atoms with Gasteiger partial charge in [0.15, 0.2) is 5.41 Å². The lowest BCUT2D eigenvalue weighted by atomic mass is 9.73. The third-order valence-electron chi connectivity index (χ3n) is 5.75. The number of rotatable bonds is 5. The molecule has 1 saturated heterocycles. The Hall–Kier alpha value is -2.41. The summed E-state index contributed by atoms with van der Waals surface area (Å²) in [5.41, 5.74) is -2.51. The van der Waals surface area contributed by atoms with Crippen molar-refractivity contribution in [2.24, 2.45) is 17.3 Å². The zero-order valence-electron chi connectivity index (χ0n) is 15.5. The van der Waals surface area contributed by atoms with Crippen LogP contribution in [0, 0.1) is 17.3 Å². The van der Waals surface area contributed by atoms with Gasteiger partial charge in [0.2, 0.25) is 0 Å². The van der Waals surface area contributed by atoms with E-state index < -0.39 is 78.2 Å². The lowest BCUT2D eigenvalue weighted by molar-refractivity contribution is -0.361. The molecule has 14 heteroatoms. The number of hydrogen-bond donors (Lipinski definition) is 0. The number of carbonyl (C=O) groups excluding carboxylic acids is 3. The summed E-state index contributed by atoms with van der Waals surface area (Å²) in [6.07, 6.45) is -20.9. The normalized spacial score (nSPS) is 33.1. The predicted octanol–water partition coefficient (Wildman–Crippen LogP) is 3.10. The Morgan fingerprint density at radius 3 is 2.23 bits per heavy atom. The Morgan fingerprint density at radius 1 is 1.16 bits per heavy atom. The number of fused-ring (bicyclic) bond motifs is 1. The van der Waals surface area contributed by atoms with Crippen LogP contribution in [0.3, 0.4) is 0 Å². The van der Waals surface area contributed by atoms with Crippen molar-refractivity contribution in [2.75, 3.05) is 0 Å². The number of hydrogen-bond acceptors (Lipinski definition) is 6. The van der Waals surface area contributed by atoms with Crippen molar-refractivity contribution in [3.8, 4) is 0 Å². The molecule has 3 rings (SSSR count). The van der Waals surface area contributed by atoms with Gasteiger partial charge in [-0.15, -0.1) is 0 Å². The molecule has 0 N–H and O–H groups in total. The molecule has 2 bridgehead atoms. The van der Waals surface area contributed by atoms with Crippen LogP contribution >= 0.6 is 0 Å². The molecule has 2 saturated carbocycles. The van der Waals surface area contributed by atoms with Crippen molar-refractivity contribution in [1.29, 1.82) is 0 Å². The second kappa shape index (κ2) is 6.79. The van der Waals surface area contributed by atoms with Crippen LogP contribution in [0.5, 0.6) is 0 Å². The van der Waals surface area contributed by atoms with Crippen LogP contribution in [0.2, 0.25) is 0 Å². The minimum absolute atomic E-state index is 0.0137. The molecule has 0 aromatic heterocycles. The van der Waals surface area contributed by atoms with E-state index in [1.54, 1.807) is 0 Å². The molecule has 0 spiro atoms. The summed E-state index contributed by atoms with van der Waals surface area (Å²) in [5.74, 6) is -12.9. The number of alkyl halides is 8. The highest BCUT2D eigenvalue weighted by atomic mass is 19.4. The first-order chi connectivity index (χ1) is 13.9. The van der Waals surface area contributed by atoms with Gasteiger partial charge < -0.3 is 14.2 Å². The molecule has 174 valence electrons. The Bertz CT molecular complexity index is 833. The van der Waals surface area contributed by atoms with Gasteiger partial charge in [-0.3, -0.25) is 9.59 Å². The molecular weight excluding hydrogens is 452 g/mol. The van der Waals surface area contributed by atoms with Crippen molar-refractivity contribution in [1.82, 2.24) is 0 Å². The average molecular weight is 466 g/mol. The van der Waals surface area contributed by atoms with E-state index in [1.165, 1.54) is 6.92 Å². The summed E-state index contributed by atoms with van der Waals surface area (Å²) in [5, 5.41) is 0. The number of carbonyl (C=O) groups is 3. The molecular formula is C17H14F8O6. The van der Waals surface area contributed by atoms with Crippen LogP contribution in [-0.2, 0) is 28.6 Å². The summed E-state index contributed by atoms with van der Waals surface area (Å²) < 4.78 is 117. The Labute approximate surface area is 168 Å². The van der Waals surface area contributed by atoms with Crippen molar-refractivity contribution in [2.45, 2.75) is 56.4 Å². The van der Waals surface area contributed by atoms with E-state index >= 15 is 0 Å². The molecule has 1 heterocycles. The highest BCUT2D eigenvalue weighted by molar-refractivity contribution is 6.03. The van der Waals surface area contributed by atoms with Crippen molar-refractivity contribution >= 4 is 17.9 Å². The minimum atomic E-state index is -6.68. The van der Waals surface area contributed by atoms with Gasteiger partial charge in [-0.25, -0.2) is 4.79 Å². The molecule has 2 aliphatic carbocycles. The zero-order valence-corrected chi connectivity index (χ0v) is 15.5. The van der Waals surface area contributed by atoms with Gasteiger partial charge in [-0.1, -0.05) is 6.58 Å². The van der Waals surface area contributed by atoms with E-state index in [2.05, 4.69) is 11.3 Å². The SMILES string of the molecule is C=C(C)C(=O)OC1C2CC3C1OC(=O)C3(C(=O)OC(C(F)(F)F)C(F)(F)C(F)(F)F)C2. The summed E-state index contributed by atoms with van der Waals surface area (Å²) in [6.45, 7) is 4.67. The maximum atomic E-state index is 13.4. The highest BCUT2D eigenvalue weighted by Gasteiger charge is 2.78. The summed E-state index contributed by atoms with van der Waals surface area (Å²) >= 11 is 0. The minimum Gasteiger partial charge on any atom is -0.457 e. The second-order valence-electron chi connectivity index (χ2n) is 7.75. The third kappa shape index (κ3) is 3.34. The zero-order chi connectivity index (χ0) is 23.7. The van der Waals surface area contributed by atoms with Crippen LogP contribution in [0.25, 0.3) is 0 Å². The maximum absolute atomic E-state index is 13.4. The topological polar surface area (TPSA) is 78.9 Å². The molecule has 0 aromatic rings.